The topological polar surface area (TPSA) is 149 Å². The number of carboxylic acid groups (broad SMARTS) is 2. The van der Waals surface area contributed by atoms with Crippen LogP contribution in [-0.4, -0.2) is 50.2 Å². The average molecular weight is 350 g/mol. The molecule has 24 heavy (non-hydrogen) atoms. The molecule has 0 aliphatic carbocycles. The highest BCUT2D eigenvalue weighted by Crippen LogP contribution is 2.27. The van der Waals surface area contributed by atoms with Crippen molar-refractivity contribution in [3.63, 3.8) is 0 Å². The number of aliphatic hydroxyl groups is 2. The number of ketones is 2. The van der Waals surface area contributed by atoms with E-state index in [1.807, 2.05) is 13.8 Å². The van der Waals surface area contributed by atoms with E-state index in [0.29, 0.717) is 5.92 Å². The molecule has 0 saturated carbocycles. The fourth-order valence-corrected chi connectivity index (χ4v) is 1.58. The number of carbonyl (C=O) groups is 4. The van der Waals surface area contributed by atoms with Crippen molar-refractivity contribution in [3.05, 3.63) is 0 Å². The van der Waals surface area contributed by atoms with Crippen LogP contribution in [0.25, 0.3) is 0 Å². The molecule has 0 aliphatic heterocycles. The number of aliphatic carboxylic acids is 2. The highest BCUT2D eigenvalue weighted by Gasteiger charge is 2.26. The summed E-state index contributed by atoms with van der Waals surface area (Å²) < 4.78 is 0. The van der Waals surface area contributed by atoms with Gasteiger partial charge in [0.1, 0.15) is 24.4 Å². The summed E-state index contributed by atoms with van der Waals surface area (Å²) in [6.07, 6.45) is -1.08. The van der Waals surface area contributed by atoms with Gasteiger partial charge < -0.3 is 20.4 Å². The van der Waals surface area contributed by atoms with Crippen molar-refractivity contribution in [1.29, 1.82) is 0 Å². The van der Waals surface area contributed by atoms with Crippen LogP contribution in [0, 0.1) is 11.3 Å². The minimum absolute atomic E-state index is 0.312. The maximum Gasteiger partial charge on any atom is 0.310 e. The van der Waals surface area contributed by atoms with Crippen molar-refractivity contribution < 1.29 is 39.6 Å². The molecule has 0 aromatic carbocycles. The van der Waals surface area contributed by atoms with E-state index in [1.54, 1.807) is 0 Å². The lowest BCUT2D eigenvalue weighted by Gasteiger charge is -2.28. The van der Waals surface area contributed by atoms with Crippen molar-refractivity contribution in [2.75, 3.05) is 0 Å². The van der Waals surface area contributed by atoms with Crippen LogP contribution >= 0.6 is 0 Å². The third-order valence-corrected chi connectivity index (χ3v) is 2.43. The molecule has 142 valence electrons. The molecule has 0 heterocycles. The highest BCUT2D eigenvalue weighted by atomic mass is 16.5. The molecule has 0 spiro atoms. The molecule has 0 aromatic heterocycles. The Bertz CT molecular complexity index is 360. The van der Waals surface area contributed by atoms with Gasteiger partial charge in [-0.1, -0.05) is 27.7 Å². The third kappa shape index (κ3) is 25.2. The maximum absolute atomic E-state index is 9.87. The van der Waals surface area contributed by atoms with E-state index >= 15 is 0 Å². The molecule has 0 amide bonds. The van der Waals surface area contributed by atoms with Crippen LogP contribution in [-0.2, 0) is 19.2 Å². The molecule has 8 heteroatoms. The third-order valence-electron chi connectivity index (χ3n) is 2.43. The second-order valence-corrected chi connectivity index (χ2v) is 6.51. The van der Waals surface area contributed by atoms with Gasteiger partial charge in [-0.2, -0.15) is 0 Å². The molecule has 0 aromatic rings. The number of aliphatic hydroxyl groups excluding tert-OH is 1. The first-order valence-electron chi connectivity index (χ1n) is 7.40. The standard InChI is InChI=1S/C8H18O2.2C4H6O3/c1-6(2)5-8(3,4)7(9)10;2*1-3(5)2-4(6)7/h6-7,9-10H,5H2,1-4H3;2*2H2,1H3,(H,6,7). The van der Waals surface area contributed by atoms with E-state index in [1.165, 1.54) is 13.8 Å². The number of rotatable bonds is 7. The Morgan fingerprint density at radius 1 is 0.833 bits per heavy atom. The molecule has 8 nitrogen and oxygen atoms in total. The number of hydrogen-bond donors (Lipinski definition) is 4. The summed E-state index contributed by atoms with van der Waals surface area (Å²) in [6.45, 7) is 10.4. The van der Waals surface area contributed by atoms with Gasteiger partial charge in [0.25, 0.3) is 0 Å². The van der Waals surface area contributed by atoms with Crippen molar-refractivity contribution in [2.45, 2.75) is 67.1 Å². The zero-order chi connectivity index (χ0) is 20.1. The Balaban J connectivity index is -0.000000283. The lowest BCUT2D eigenvalue weighted by Crippen LogP contribution is -2.30. The Hall–Kier alpha value is -1.80. The van der Waals surface area contributed by atoms with Gasteiger partial charge >= 0.3 is 11.9 Å². The summed E-state index contributed by atoms with van der Waals surface area (Å²) in [6, 6.07) is 0. The molecule has 0 saturated heterocycles. The normalized spacial score (nSPS) is 10.2. The maximum atomic E-state index is 9.87. The van der Waals surface area contributed by atoms with E-state index < -0.39 is 18.2 Å². The van der Waals surface area contributed by atoms with Crippen LogP contribution < -0.4 is 0 Å². The largest absolute Gasteiger partial charge is 0.481 e. The van der Waals surface area contributed by atoms with Crippen molar-refractivity contribution in [1.82, 2.24) is 0 Å². The quantitative estimate of drug-likeness (QED) is 0.398. The fraction of sp³-hybridized carbons (Fsp3) is 0.750. The van der Waals surface area contributed by atoms with Crippen LogP contribution in [0.2, 0.25) is 0 Å². The second-order valence-electron chi connectivity index (χ2n) is 6.51. The molecule has 0 rings (SSSR count). The fourth-order valence-electron chi connectivity index (χ4n) is 1.58. The SMILES string of the molecule is CC(=O)CC(=O)O.CC(=O)CC(=O)O.CC(C)CC(C)(C)C(O)O. The lowest BCUT2D eigenvalue weighted by molar-refractivity contribution is -0.141. The smallest absolute Gasteiger partial charge is 0.310 e. The van der Waals surface area contributed by atoms with E-state index in [9.17, 15) is 19.2 Å². The summed E-state index contributed by atoms with van der Waals surface area (Å²) in [5, 5.41) is 33.5. The van der Waals surface area contributed by atoms with E-state index in [0.717, 1.165) is 6.42 Å². The zero-order valence-corrected chi connectivity index (χ0v) is 15.2. The molecule has 0 unspecified atom stereocenters. The van der Waals surface area contributed by atoms with Gasteiger partial charge in [0, 0.05) is 5.41 Å². The van der Waals surface area contributed by atoms with E-state index in [-0.39, 0.29) is 29.8 Å². The summed E-state index contributed by atoms with van der Waals surface area (Å²) in [7, 11) is 0. The van der Waals surface area contributed by atoms with Crippen LogP contribution in [0.4, 0.5) is 0 Å². The molecule has 0 fully saturated rings. The van der Waals surface area contributed by atoms with Gasteiger partial charge in [-0.05, 0) is 26.2 Å². The number of carboxylic acids is 2. The Labute approximate surface area is 142 Å². The summed E-state index contributed by atoms with van der Waals surface area (Å²) >= 11 is 0. The first-order chi connectivity index (χ1) is 10.6. The lowest BCUT2D eigenvalue weighted by atomic mass is 9.83. The zero-order valence-electron chi connectivity index (χ0n) is 15.2. The van der Waals surface area contributed by atoms with Crippen LogP contribution in [0.3, 0.4) is 0 Å². The van der Waals surface area contributed by atoms with Gasteiger partial charge in [-0.25, -0.2) is 0 Å². The molecule has 4 N–H and O–H groups in total. The summed E-state index contributed by atoms with van der Waals surface area (Å²) in [5.74, 6) is -2.24. The van der Waals surface area contributed by atoms with Crippen LogP contribution in [0.15, 0.2) is 0 Å². The molecular formula is C16H30O8. The monoisotopic (exact) mass is 350 g/mol. The van der Waals surface area contributed by atoms with Crippen molar-refractivity contribution in [2.24, 2.45) is 11.3 Å². The minimum Gasteiger partial charge on any atom is -0.481 e. The van der Waals surface area contributed by atoms with Gasteiger partial charge in [-0.15, -0.1) is 0 Å². The van der Waals surface area contributed by atoms with Crippen molar-refractivity contribution >= 4 is 23.5 Å². The van der Waals surface area contributed by atoms with Gasteiger partial charge in [0.05, 0.1) is 0 Å². The molecule has 0 atom stereocenters. The van der Waals surface area contributed by atoms with Crippen LogP contribution in [0.1, 0.15) is 60.8 Å². The van der Waals surface area contributed by atoms with Gasteiger partial charge in [-0.3, -0.25) is 19.2 Å². The number of hydrogen-bond acceptors (Lipinski definition) is 6. The first kappa shape index (κ1) is 27.1. The Morgan fingerprint density at radius 3 is 1.17 bits per heavy atom. The number of Topliss-reactive ketones (excluding diaryl/α,β-unsaturated/α-hetero) is 2. The minimum atomic E-state index is -1.20. The Kier molecular flexibility index (Phi) is 15.4. The average Bonchev–Trinajstić information content (AvgIpc) is 2.23. The molecule has 0 aliphatic rings. The summed E-state index contributed by atoms with van der Waals surface area (Å²) in [4.78, 5) is 38.9. The second kappa shape index (κ2) is 13.6. The van der Waals surface area contributed by atoms with Crippen molar-refractivity contribution in [3.8, 4) is 0 Å². The van der Waals surface area contributed by atoms with E-state index in [2.05, 4.69) is 13.8 Å². The van der Waals surface area contributed by atoms with Gasteiger partial charge in [0.2, 0.25) is 0 Å². The van der Waals surface area contributed by atoms with Gasteiger partial charge in [0.15, 0.2) is 6.29 Å². The predicted octanol–water partition coefficient (Wildman–Crippen LogP) is 1.47. The first-order valence-corrected chi connectivity index (χ1v) is 7.40. The highest BCUT2D eigenvalue weighted by molar-refractivity contribution is 5.93. The van der Waals surface area contributed by atoms with Crippen LogP contribution in [0.5, 0.6) is 0 Å². The predicted molar refractivity (Wildman–Crippen MR) is 87.3 cm³/mol. The Morgan fingerprint density at radius 2 is 1.12 bits per heavy atom. The molecule has 0 bridgehead atoms. The van der Waals surface area contributed by atoms with E-state index in [4.69, 9.17) is 20.4 Å². The molecule has 0 radical (unpaired) electrons. The molecular weight excluding hydrogens is 320 g/mol. The summed E-state index contributed by atoms with van der Waals surface area (Å²) in [5.41, 5.74) is -0.367. The number of carbonyl (C=O) groups excluding carboxylic acids is 2.